The molecule has 7 nitrogen and oxygen atoms in total. The molecule has 0 saturated carbocycles. The van der Waals surface area contributed by atoms with Gasteiger partial charge < -0.3 is 20.1 Å². The van der Waals surface area contributed by atoms with Gasteiger partial charge >= 0.3 is 0 Å². The largest absolute Gasteiger partial charge is 0.492 e. The summed E-state index contributed by atoms with van der Waals surface area (Å²) in [7, 11) is 1.55. The molecule has 2 N–H and O–H groups in total. The summed E-state index contributed by atoms with van der Waals surface area (Å²) < 4.78 is 10.4. The van der Waals surface area contributed by atoms with Crippen molar-refractivity contribution in [3.8, 4) is 5.75 Å². The predicted octanol–water partition coefficient (Wildman–Crippen LogP) is 2.11. The van der Waals surface area contributed by atoms with Gasteiger partial charge in [-0.2, -0.15) is 0 Å². The molecule has 0 aliphatic rings. The number of pyridine rings is 1. The second-order valence-corrected chi connectivity index (χ2v) is 5.04. The topological polar surface area (TPSA) is 89.5 Å². The number of rotatable bonds is 8. The summed E-state index contributed by atoms with van der Waals surface area (Å²) in [6, 6.07) is 11.8. The van der Waals surface area contributed by atoms with Gasteiger partial charge in [0.05, 0.1) is 18.9 Å². The van der Waals surface area contributed by atoms with Crippen LogP contribution in [0.5, 0.6) is 5.75 Å². The zero-order chi connectivity index (χ0) is 18.1. The number of nitrogens with zero attached hydrogens (tertiary/aromatic N) is 1. The molecule has 1 heterocycles. The maximum absolute atomic E-state index is 12.4. The highest BCUT2D eigenvalue weighted by molar-refractivity contribution is 6.04. The van der Waals surface area contributed by atoms with Crippen LogP contribution in [0.15, 0.2) is 42.5 Å². The number of methoxy groups -OCH3 is 1. The van der Waals surface area contributed by atoms with E-state index in [2.05, 4.69) is 15.6 Å². The Morgan fingerprint density at radius 3 is 2.48 bits per heavy atom. The molecular weight excluding hydrogens is 322 g/mol. The quantitative estimate of drug-likeness (QED) is 0.717. The number of benzene rings is 1. The Hall–Kier alpha value is -2.93. The van der Waals surface area contributed by atoms with E-state index < -0.39 is 5.91 Å². The summed E-state index contributed by atoms with van der Waals surface area (Å²) in [5.74, 6) is -0.202. The molecule has 132 valence electrons. The van der Waals surface area contributed by atoms with Crippen LogP contribution < -0.4 is 15.4 Å². The summed E-state index contributed by atoms with van der Waals surface area (Å²) in [5, 5.41) is 5.42. The number of para-hydroxylation sites is 2. The van der Waals surface area contributed by atoms with Gasteiger partial charge in [0.15, 0.2) is 0 Å². The number of aromatic nitrogens is 1. The third-order valence-electron chi connectivity index (χ3n) is 3.24. The maximum Gasteiger partial charge on any atom is 0.274 e. The molecule has 1 aromatic heterocycles. The summed E-state index contributed by atoms with van der Waals surface area (Å²) in [5.41, 5.74) is 0.860. The Kier molecular flexibility index (Phi) is 6.91. The first kappa shape index (κ1) is 18.4. The fourth-order valence-corrected chi connectivity index (χ4v) is 2.08. The zero-order valence-corrected chi connectivity index (χ0v) is 14.2. The molecule has 2 amide bonds. The highest BCUT2D eigenvalue weighted by Crippen LogP contribution is 2.24. The Balaban J connectivity index is 2.10. The smallest absolute Gasteiger partial charge is 0.274 e. The van der Waals surface area contributed by atoms with Crippen molar-refractivity contribution in [2.24, 2.45) is 0 Å². The summed E-state index contributed by atoms with van der Waals surface area (Å²) in [6.45, 7) is 3.13. The lowest BCUT2D eigenvalue weighted by molar-refractivity contribution is 0.0932. The van der Waals surface area contributed by atoms with E-state index in [9.17, 15) is 9.59 Å². The van der Waals surface area contributed by atoms with Crippen LogP contribution in [-0.2, 0) is 4.74 Å². The average Bonchev–Trinajstić information content (AvgIpc) is 2.64. The Labute approximate surface area is 146 Å². The number of hydrogen-bond acceptors (Lipinski definition) is 5. The molecule has 0 radical (unpaired) electrons. The third-order valence-corrected chi connectivity index (χ3v) is 3.24. The minimum Gasteiger partial charge on any atom is -0.492 e. The van der Waals surface area contributed by atoms with Crippen molar-refractivity contribution in [1.29, 1.82) is 0 Å². The Morgan fingerprint density at radius 1 is 1.04 bits per heavy atom. The van der Waals surface area contributed by atoms with Gasteiger partial charge in [-0.05, 0) is 31.2 Å². The monoisotopic (exact) mass is 343 g/mol. The molecular formula is C18H21N3O4. The van der Waals surface area contributed by atoms with E-state index >= 15 is 0 Å². The van der Waals surface area contributed by atoms with Gasteiger partial charge in [-0.3, -0.25) is 9.59 Å². The number of amides is 2. The summed E-state index contributed by atoms with van der Waals surface area (Å²) >= 11 is 0. The average molecular weight is 343 g/mol. The van der Waals surface area contributed by atoms with Gasteiger partial charge in [-0.1, -0.05) is 18.2 Å². The number of anilines is 1. The van der Waals surface area contributed by atoms with Crippen molar-refractivity contribution in [2.45, 2.75) is 6.92 Å². The molecule has 0 aliphatic heterocycles. The van der Waals surface area contributed by atoms with Crippen LogP contribution in [0.3, 0.4) is 0 Å². The fraction of sp³-hybridized carbons (Fsp3) is 0.278. The van der Waals surface area contributed by atoms with Gasteiger partial charge in [-0.15, -0.1) is 0 Å². The van der Waals surface area contributed by atoms with E-state index in [1.54, 1.807) is 43.5 Å². The van der Waals surface area contributed by atoms with E-state index in [0.717, 1.165) is 0 Å². The third kappa shape index (κ3) is 5.29. The predicted molar refractivity (Wildman–Crippen MR) is 94.0 cm³/mol. The van der Waals surface area contributed by atoms with Crippen LogP contribution in [0.25, 0.3) is 0 Å². The second-order valence-electron chi connectivity index (χ2n) is 5.04. The number of carbonyl (C=O) groups is 2. The molecule has 0 atom stereocenters. The summed E-state index contributed by atoms with van der Waals surface area (Å²) in [6.07, 6.45) is 0. The Morgan fingerprint density at radius 2 is 1.76 bits per heavy atom. The van der Waals surface area contributed by atoms with E-state index in [4.69, 9.17) is 9.47 Å². The van der Waals surface area contributed by atoms with Crippen LogP contribution in [0.1, 0.15) is 27.9 Å². The highest BCUT2D eigenvalue weighted by atomic mass is 16.5. The van der Waals surface area contributed by atoms with E-state index in [1.807, 2.05) is 13.0 Å². The van der Waals surface area contributed by atoms with Crippen LogP contribution in [0.4, 0.5) is 5.69 Å². The number of ether oxygens (including phenoxy) is 2. The van der Waals surface area contributed by atoms with Crippen molar-refractivity contribution in [1.82, 2.24) is 10.3 Å². The highest BCUT2D eigenvalue weighted by Gasteiger charge is 2.14. The number of carbonyl (C=O) groups excluding carboxylic acids is 2. The van der Waals surface area contributed by atoms with E-state index in [-0.39, 0.29) is 17.3 Å². The first-order chi connectivity index (χ1) is 12.2. The van der Waals surface area contributed by atoms with Gasteiger partial charge in [-0.25, -0.2) is 4.98 Å². The molecule has 0 fully saturated rings. The zero-order valence-electron chi connectivity index (χ0n) is 14.2. The molecule has 0 aliphatic carbocycles. The minimum atomic E-state index is -0.418. The maximum atomic E-state index is 12.4. The van der Waals surface area contributed by atoms with Gasteiger partial charge in [0.1, 0.15) is 17.1 Å². The van der Waals surface area contributed by atoms with Crippen molar-refractivity contribution in [2.75, 3.05) is 32.2 Å². The van der Waals surface area contributed by atoms with Crippen molar-refractivity contribution >= 4 is 17.5 Å². The fourth-order valence-electron chi connectivity index (χ4n) is 2.08. The van der Waals surface area contributed by atoms with Crippen LogP contribution >= 0.6 is 0 Å². The van der Waals surface area contributed by atoms with Crippen molar-refractivity contribution in [3.05, 3.63) is 53.9 Å². The lowest BCUT2D eigenvalue weighted by Crippen LogP contribution is -2.28. The van der Waals surface area contributed by atoms with Crippen LogP contribution in [-0.4, -0.2) is 43.7 Å². The lowest BCUT2D eigenvalue weighted by Gasteiger charge is -2.11. The molecule has 0 bridgehead atoms. The van der Waals surface area contributed by atoms with E-state index in [1.165, 1.54) is 0 Å². The molecule has 0 spiro atoms. The first-order valence-corrected chi connectivity index (χ1v) is 7.93. The van der Waals surface area contributed by atoms with Gasteiger partial charge in [0.2, 0.25) is 0 Å². The standard InChI is InChI=1S/C18H21N3O4/c1-3-25-16-10-5-4-7-13(16)21-18(23)15-9-6-8-14(20-15)17(22)19-11-12-24-2/h4-10H,3,11-12H2,1-2H3,(H,19,22)(H,21,23). The molecule has 7 heteroatoms. The van der Waals surface area contributed by atoms with E-state index in [0.29, 0.717) is 31.2 Å². The van der Waals surface area contributed by atoms with Crippen molar-refractivity contribution in [3.63, 3.8) is 0 Å². The second kappa shape index (κ2) is 9.39. The number of hydrogen-bond donors (Lipinski definition) is 2. The Bertz CT molecular complexity index is 734. The molecule has 25 heavy (non-hydrogen) atoms. The van der Waals surface area contributed by atoms with Gasteiger partial charge in [0.25, 0.3) is 11.8 Å². The first-order valence-electron chi connectivity index (χ1n) is 7.93. The summed E-state index contributed by atoms with van der Waals surface area (Å²) in [4.78, 5) is 28.6. The molecule has 0 unspecified atom stereocenters. The van der Waals surface area contributed by atoms with Gasteiger partial charge in [0, 0.05) is 13.7 Å². The molecule has 1 aromatic carbocycles. The van der Waals surface area contributed by atoms with Crippen molar-refractivity contribution < 1.29 is 19.1 Å². The normalized spacial score (nSPS) is 10.2. The van der Waals surface area contributed by atoms with Crippen LogP contribution in [0.2, 0.25) is 0 Å². The van der Waals surface area contributed by atoms with Crippen LogP contribution in [0, 0.1) is 0 Å². The SMILES string of the molecule is CCOc1ccccc1NC(=O)c1cccc(C(=O)NCCOC)n1. The molecule has 2 aromatic rings. The lowest BCUT2D eigenvalue weighted by atomic mass is 10.2. The minimum absolute atomic E-state index is 0.144. The number of nitrogens with one attached hydrogen (secondary N) is 2. The molecule has 2 rings (SSSR count). The molecule has 0 saturated heterocycles.